The molecule has 41 heavy (non-hydrogen) atoms. The number of hydrogen-bond acceptors (Lipinski definition) is 7. The first-order valence-corrected chi connectivity index (χ1v) is 14.4. The molecule has 3 heterocycles. The maximum atomic E-state index is 14.2. The van der Waals surface area contributed by atoms with Crippen LogP contribution in [0.3, 0.4) is 0 Å². The zero-order chi connectivity index (χ0) is 28.5. The molecule has 0 amide bonds. The third-order valence-corrected chi connectivity index (χ3v) is 8.13. The Labute approximate surface area is 241 Å². The molecular formula is C30H31ClFN7O2. The summed E-state index contributed by atoms with van der Waals surface area (Å²) in [4.78, 5) is 28.8. The van der Waals surface area contributed by atoms with Gasteiger partial charge in [0.2, 0.25) is 17.6 Å². The summed E-state index contributed by atoms with van der Waals surface area (Å²) in [6.07, 6.45) is 5.32. The van der Waals surface area contributed by atoms with Gasteiger partial charge in [0.15, 0.2) is 5.65 Å². The lowest BCUT2D eigenvalue weighted by molar-refractivity contribution is 0.267. The molecule has 0 spiro atoms. The van der Waals surface area contributed by atoms with Crippen molar-refractivity contribution in [2.45, 2.75) is 58.5 Å². The number of anilines is 1. The molecule has 1 fully saturated rings. The van der Waals surface area contributed by atoms with Gasteiger partial charge in [0, 0.05) is 17.1 Å². The molecule has 0 aliphatic heterocycles. The highest BCUT2D eigenvalue weighted by molar-refractivity contribution is 6.30. The van der Waals surface area contributed by atoms with Crippen molar-refractivity contribution in [1.29, 1.82) is 0 Å². The predicted molar refractivity (Wildman–Crippen MR) is 156 cm³/mol. The number of nitrogens with zero attached hydrogens (tertiary/aromatic N) is 5. The zero-order valence-corrected chi connectivity index (χ0v) is 23.7. The third kappa shape index (κ3) is 5.74. The Morgan fingerprint density at radius 3 is 2.63 bits per heavy atom. The van der Waals surface area contributed by atoms with Crippen LogP contribution in [0.4, 0.5) is 10.3 Å². The lowest BCUT2D eigenvalue weighted by atomic mass is 9.83. The molecule has 0 saturated heterocycles. The van der Waals surface area contributed by atoms with Crippen LogP contribution in [-0.2, 0) is 6.54 Å². The number of halogens is 2. The highest BCUT2D eigenvalue weighted by Crippen LogP contribution is 2.36. The Kier molecular flexibility index (Phi) is 7.57. The van der Waals surface area contributed by atoms with Gasteiger partial charge >= 0.3 is 5.76 Å². The minimum absolute atomic E-state index is 0.108. The Bertz CT molecular complexity index is 1740. The van der Waals surface area contributed by atoms with Crippen LogP contribution in [0.15, 0.2) is 57.8 Å². The molecule has 2 aromatic carbocycles. The van der Waals surface area contributed by atoms with Crippen molar-refractivity contribution in [3.63, 3.8) is 0 Å². The van der Waals surface area contributed by atoms with Gasteiger partial charge in [-0.3, -0.25) is 9.51 Å². The van der Waals surface area contributed by atoms with Gasteiger partial charge in [-0.1, -0.05) is 67.7 Å². The summed E-state index contributed by atoms with van der Waals surface area (Å²) in [5.41, 5.74) is 3.41. The van der Waals surface area contributed by atoms with Crippen LogP contribution in [0.5, 0.6) is 0 Å². The smallest absolute Gasteiger partial charge is 0.349 e. The predicted octanol–water partition coefficient (Wildman–Crippen LogP) is 7.02. The van der Waals surface area contributed by atoms with E-state index in [0.717, 1.165) is 41.9 Å². The molecule has 9 nitrogen and oxygen atoms in total. The van der Waals surface area contributed by atoms with Gasteiger partial charge in [-0.2, -0.15) is 4.98 Å². The topological polar surface area (TPSA) is 115 Å². The monoisotopic (exact) mass is 575 g/mol. The van der Waals surface area contributed by atoms with E-state index in [0.29, 0.717) is 34.7 Å². The standard InChI is InChI=1S/C30H31ClFN7O2/c1-3-23(19-6-5-9-22(32)15-19)33-29-36-26-25(39(29)16-18-12-10-17(2)11-13-18)24(20-7-4-8-21(31)14-20)34-27(35-26)28-37-30(40)41-38-28/h4-9,14-15,17-18,23H,3,10-13,16H2,1-2H3,(H,37,38,40)(H,33,34,35,36)/t17?,18?,23-/m0/s1. The fourth-order valence-electron chi connectivity index (χ4n) is 5.66. The molecular weight excluding hydrogens is 545 g/mol. The molecule has 3 aromatic heterocycles. The molecule has 1 saturated carbocycles. The van der Waals surface area contributed by atoms with E-state index in [1.54, 1.807) is 18.2 Å². The minimum atomic E-state index is -0.701. The summed E-state index contributed by atoms with van der Waals surface area (Å²) in [5.74, 6) is 1.10. The molecule has 1 aliphatic rings. The van der Waals surface area contributed by atoms with E-state index in [1.165, 1.54) is 18.9 Å². The van der Waals surface area contributed by atoms with Crippen LogP contribution >= 0.6 is 11.6 Å². The maximum absolute atomic E-state index is 14.2. The van der Waals surface area contributed by atoms with Gasteiger partial charge < -0.3 is 9.88 Å². The van der Waals surface area contributed by atoms with Crippen LogP contribution in [0.2, 0.25) is 5.02 Å². The summed E-state index contributed by atoms with van der Waals surface area (Å²) in [6, 6.07) is 13.9. The van der Waals surface area contributed by atoms with Crippen molar-refractivity contribution < 1.29 is 8.91 Å². The van der Waals surface area contributed by atoms with E-state index in [-0.39, 0.29) is 23.5 Å². The number of rotatable bonds is 8. The maximum Gasteiger partial charge on any atom is 0.439 e. The van der Waals surface area contributed by atoms with E-state index in [4.69, 9.17) is 31.1 Å². The number of fused-ring (bicyclic) bond motifs is 1. The van der Waals surface area contributed by atoms with Crippen molar-refractivity contribution in [2.75, 3.05) is 5.32 Å². The Balaban J connectivity index is 1.54. The van der Waals surface area contributed by atoms with Crippen LogP contribution < -0.4 is 11.1 Å². The normalized spacial score (nSPS) is 18.0. The molecule has 212 valence electrons. The van der Waals surface area contributed by atoms with E-state index >= 15 is 0 Å². The van der Waals surface area contributed by atoms with E-state index in [2.05, 4.69) is 26.9 Å². The number of aromatic amines is 1. The second-order valence-electron chi connectivity index (χ2n) is 10.9. The second-order valence-corrected chi connectivity index (χ2v) is 11.3. The third-order valence-electron chi connectivity index (χ3n) is 7.89. The van der Waals surface area contributed by atoms with E-state index < -0.39 is 5.76 Å². The second kappa shape index (κ2) is 11.4. The van der Waals surface area contributed by atoms with Gasteiger partial charge in [0.05, 0.1) is 6.04 Å². The minimum Gasteiger partial charge on any atom is -0.349 e. The Morgan fingerprint density at radius 2 is 1.93 bits per heavy atom. The van der Waals surface area contributed by atoms with Gasteiger partial charge in [-0.05, 0) is 60.9 Å². The molecule has 11 heteroatoms. The van der Waals surface area contributed by atoms with Crippen molar-refractivity contribution in [3.05, 3.63) is 75.5 Å². The van der Waals surface area contributed by atoms with E-state index in [1.807, 2.05) is 31.2 Å². The average molecular weight is 576 g/mol. The lowest BCUT2D eigenvalue weighted by Crippen LogP contribution is -2.20. The Morgan fingerprint density at radius 1 is 1.12 bits per heavy atom. The molecule has 0 unspecified atom stereocenters. The van der Waals surface area contributed by atoms with Gasteiger partial charge in [0.25, 0.3) is 0 Å². The quantitative estimate of drug-likeness (QED) is 0.204. The van der Waals surface area contributed by atoms with Gasteiger partial charge in [-0.15, -0.1) is 0 Å². The van der Waals surface area contributed by atoms with Crippen LogP contribution in [0.1, 0.15) is 57.6 Å². The molecule has 0 radical (unpaired) electrons. The number of hydrogen-bond donors (Lipinski definition) is 2. The van der Waals surface area contributed by atoms with Crippen molar-refractivity contribution in [3.8, 4) is 22.9 Å². The van der Waals surface area contributed by atoms with Crippen LogP contribution in [0.25, 0.3) is 34.1 Å². The fraction of sp³-hybridized carbons (Fsp3) is 0.367. The SMILES string of the molecule is CC[C@H](Nc1nc2nc(-c3noc(=O)[nH]3)nc(-c3cccc(Cl)c3)c2n1CC1CCC(C)CC1)c1cccc(F)c1. The molecule has 2 N–H and O–H groups in total. The first-order valence-electron chi connectivity index (χ1n) is 14.0. The molecule has 1 aliphatic carbocycles. The summed E-state index contributed by atoms with van der Waals surface area (Å²) in [7, 11) is 0. The summed E-state index contributed by atoms with van der Waals surface area (Å²) in [5, 5.41) is 7.95. The van der Waals surface area contributed by atoms with Gasteiger partial charge in [-0.25, -0.2) is 19.2 Å². The van der Waals surface area contributed by atoms with Crippen molar-refractivity contribution in [2.24, 2.45) is 11.8 Å². The number of benzene rings is 2. The zero-order valence-electron chi connectivity index (χ0n) is 22.9. The number of H-pyrrole nitrogens is 1. The molecule has 5 aromatic rings. The Hall–Kier alpha value is -4.05. The molecule has 6 rings (SSSR count). The summed E-state index contributed by atoms with van der Waals surface area (Å²) >= 11 is 6.40. The number of imidazole rings is 1. The largest absolute Gasteiger partial charge is 0.439 e. The van der Waals surface area contributed by atoms with Crippen molar-refractivity contribution >= 4 is 28.7 Å². The highest BCUT2D eigenvalue weighted by Gasteiger charge is 2.26. The first kappa shape index (κ1) is 27.1. The van der Waals surface area contributed by atoms with Crippen molar-refractivity contribution in [1.82, 2.24) is 29.7 Å². The number of nitrogens with one attached hydrogen (secondary N) is 2. The van der Waals surface area contributed by atoms with E-state index in [9.17, 15) is 9.18 Å². The highest BCUT2D eigenvalue weighted by atomic mass is 35.5. The summed E-state index contributed by atoms with van der Waals surface area (Å²) < 4.78 is 21.0. The first-order chi connectivity index (χ1) is 19.9. The van der Waals surface area contributed by atoms with Gasteiger partial charge in [0.1, 0.15) is 17.0 Å². The van der Waals surface area contributed by atoms with Crippen LogP contribution in [0, 0.1) is 17.7 Å². The molecule has 1 atom stereocenters. The van der Waals surface area contributed by atoms with Crippen LogP contribution in [-0.4, -0.2) is 29.7 Å². The summed E-state index contributed by atoms with van der Waals surface area (Å²) in [6.45, 7) is 5.08. The fourth-order valence-corrected chi connectivity index (χ4v) is 5.85. The molecule has 0 bridgehead atoms. The lowest BCUT2D eigenvalue weighted by Gasteiger charge is -2.28. The number of aromatic nitrogens is 6. The average Bonchev–Trinajstić information content (AvgIpc) is 3.55.